The van der Waals surface area contributed by atoms with Gasteiger partial charge >= 0.3 is 5.69 Å². The lowest BCUT2D eigenvalue weighted by Crippen LogP contribution is -2.41. The minimum Gasteiger partial charge on any atom is -0.278 e. The number of hydrogen-bond donors (Lipinski definition) is 0. The highest BCUT2D eigenvalue weighted by Gasteiger charge is 2.24. The van der Waals surface area contributed by atoms with Crippen molar-refractivity contribution in [1.82, 2.24) is 9.13 Å². The molecule has 1 aromatic rings. The minimum atomic E-state index is -0.492. The first kappa shape index (κ1) is 13.6. The Hall–Kier alpha value is -1.87. The van der Waals surface area contributed by atoms with Gasteiger partial charge in [0.2, 0.25) is 0 Å². The SMILES string of the molecule is CCCCn1c2c(c(=O)n(CC#N)c1=O)CC(Cl)=N2. The van der Waals surface area contributed by atoms with Crippen molar-refractivity contribution in [2.45, 2.75) is 39.3 Å². The number of unbranched alkanes of at least 4 members (excludes halogenated alkanes) is 1. The second kappa shape index (κ2) is 5.41. The van der Waals surface area contributed by atoms with Crippen LogP contribution in [0.15, 0.2) is 14.6 Å². The number of nitriles is 1. The molecule has 0 N–H and O–H groups in total. The van der Waals surface area contributed by atoms with E-state index in [-0.39, 0.29) is 13.0 Å². The van der Waals surface area contributed by atoms with E-state index in [9.17, 15) is 9.59 Å². The van der Waals surface area contributed by atoms with Gasteiger partial charge in [-0.05, 0) is 6.42 Å². The van der Waals surface area contributed by atoms with Crippen LogP contribution in [0.3, 0.4) is 0 Å². The van der Waals surface area contributed by atoms with Crippen LogP contribution >= 0.6 is 11.6 Å². The summed E-state index contributed by atoms with van der Waals surface area (Å²) in [6.07, 6.45) is 1.94. The molecule has 100 valence electrons. The Kier molecular flexibility index (Phi) is 3.86. The van der Waals surface area contributed by atoms with Gasteiger partial charge in [0.05, 0.1) is 11.6 Å². The lowest BCUT2D eigenvalue weighted by atomic mass is 10.2. The molecule has 0 fully saturated rings. The second-order valence-electron chi connectivity index (χ2n) is 4.30. The fraction of sp³-hybridized carbons (Fsp3) is 0.500. The van der Waals surface area contributed by atoms with Crippen LogP contribution in [-0.4, -0.2) is 14.3 Å². The Morgan fingerprint density at radius 3 is 2.79 bits per heavy atom. The molecule has 2 rings (SSSR count). The molecule has 0 saturated heterocycles. The molecule has 7 heteroatoms. The molecule has 1 aliphatic rings. The fourth-order valence-electron chi connectivity index (χ4n) is 2.06. The number of rotatable bonds is 4. The van der Waals surface area contributed by atoms with Crippen LogP contribution in [0.1, 0.15) is 25.3 Å². The normalized spacial score (nSPS) is 13.0. The quantitative estimate of drug-likeness (QED) is 0.830. The van der Waals surface area contributed by atoms with E-state index in [4.69, 9.17) is 16.9 Å². The second-order valence-corrected chi connectivity index (χ2v) is 4.74. The van der Waals surface area contributed by atoms with Crippen LogP contribution in [-0.2, 0) is 19.5 Å². The van der Waals surface area contributed by atoms with Gasteiger partial charge in [0, 0.05) is 13.0 Å². The van der Waals surface area contributed by atoms with Crippen LogP contribution in [0.4, 0.5) is 5.82 Å². The van der Waals surface area contributed by atoms with Crippen LogP contribution in [0, 0.1) is 11.3 Å². The lowest BCUT2D eigenvalue weighted by Gasteiger charge is -2.11. The highest BCUT2D eigenvalue weighted by atomic mass is 35.5. The highest BCUT2D eigenvalue weighted by molar-refractivity contribution is 6.66. The third-order valence-electron chi connectivity index (χ3n) is 3.00. The average Bonchev–Trinajstić information content (AvgIpc) is 2.76. The van der Waals surface area contributed by atoms with Gasteiger partial charge in [-0.3, -0.25) is 9.36 Å². The number of fused-ring (bicyclic) bond motifs is 1. The van der Waals surface area contributed by atoms with Gasteiger partial charge in [-0.2, -0.15) is 5.26 Å². The predicted octanol–water partition coefficient (Wildman–Crippen LogP) is 1.16. The van der Waals surface area contributed by atoms with E-state index < -0.39 is 11.2 Å². The van der Waals surface area contributed by atoms with Crippen LogP contribution in [0.25, 0.3) is 0 Å². The van der Waals surface area contributed by atoms with E-state index in [2.05, 4.69) is 4.99 Å². The fourth-order valence-corrected chi connectivity index (χ4v) is 2.27. The molecular weight excluding hydrogens is 268 g/mol. The first-order valence-corrected chi connectivity index (χ1v) is 6.44. The average molecular weight is 281 g/mol. The predicted molar refractivity (Wildman–Crippen MR) is 72.1 cm³/mol. The van der Waals surface area contributed by atoms with Crippen LogP contribution in [0.5, 0.6) is 0 Å². The zero-order valence-corrected chi connectivity index (χ0v) is 11.3. The Bertz CT molecular complexity index is 693. The summed E-state index contributed by atoms with van der Waals surface area (Å²) in [6.45, 7) is 2.22. The molecule has 0 atom stereocenters. The topological polar surface area (TPSA) is 80.1 Å². The summed E-state index contributed by atoms with van der Waals surface area (Å²) in [6, 6.07) is 1.83. The Morgan fingerprint density at radius 2 is 2.16 bits per heavy atom. The molecule has 19 heavy (non-hydrogen) atoms. The van der Waals surface area contributed by atoms with Gasteiger partial charge in [-0.25, -0.2) is 14.4 Å². The van der Waals surface area contributed by atoms with Gasteiger partial charge in [0.25, 0.3) is 5.56 Å². The van der Waals surface area contributed by atoms with E-state index in [1.807, 2.05) is 13.0 Å². The number of hydrogen-bond acceptors (Lipinski definition) is 4. The van der Waals surface area contributed by atoms with E-state index in [0.717, 1.165) is 17.4 Å². The summed E-state index contributed by atoms with van der Waals surface area (Å²) in [5.74, 6) is 0.350. The summed E-state index contributed by atoms with van der Waals surface area (Å²) in [7, 11) is 0. The van der Waals surface area contributed by atoms with E-state index >= 15 is 0 Å². The van der Waals surface area contributed by atoms with Gasteiger partial charge < -0.3 is 0 Å². The van der Waals surface area contributed by atoms with Crippen molar-refractivity contribution in [3.63, 3.8) is 0 Å². The van der Waals surface area contributed by atoms with Crippen molar-refractivity contribution in [3.05, 3.63) is 26.4 Å². The van der Waals surface area contributed by atoms with Crippen molar-refractivity contribution >= 4 is 22.6 Å². The van der Waals surface area contributed by atoms with Gasteiger partial charge in [0.15, 0.2) is 0 Å². The Balaban J connectivity index is 2.68. The van der Waals surface area contributed by atoms with Gasteiger partial charge in [-0.1, -0.05) is 24.9 Å². The van der Waals surface area contributed by atoms with Crippen LogP contribution < -0.4 is 11.2 Å². The van der Waals surface area contributed by atoms with Crippen molar-refractivity contribution in [3.8, 4) is 6.07 Å². The molecule has 6 nitrogen and oxygen atoms in total. The minimum absolute atomic E-state index is 0.230. The number of aliphatic imine (C=N–C) groups is 1. The molecule has 0 spiro atoms. The third kappa shape index (κ3) is 2.34. The van der Waals surface area contributed by atoms with Gasteiger partial charge in [-0.15, -0.1) is 0 Å². The van der Waals surface area contributed by atoms with Crippen molar-refractivity contribution < 1.29 is 0 Å². The molecular formula is C12H13ClN4O2. The van der Waals surface area contributed by atoms with E-state index in [1.54, 1.807) is 0 Å². The van der Waals surface area contributed by atoms with Crippen molar-refractivity contribution in [2.75, 3.05) is 0 Å². The molecule has 1 aromatic heterocycles. The number of aromatic nitrogens is 2. The molecule has 0 aromatic carbocycles. The zero-order chi connectivity index (χ0) is 14.0. The van der Waals surface area contributed by atoms with Crippen molar-refractivity contribution in [1.29, 1.82) is 5.26 Å². The highest BCUT2D eigenvalue weighted by Crippen LogP contribution is 2.23. The summed E-state index contributed by atoms with van der Waals surface area (Å²) in [5.41, 5.74) is -0.557. The standard InChI is InChI=1S/C12H13ClN4O2/c1-2-3-5-16-10-8(7-9(13)15-10)11(18)17(6-4-14)12(16)19/h2-3,5-7H2,1H3. The Labute approximate surface area is 114 Å². The summed E-state index contributed by atoms with van der Waals surface area (Å²) < 4.78 is 2.38. The monoisotopic (exact) mass is 280 g/mol. The molecule has 0 saturated carbocycles. The molecule has 0 radical (unpaired) electrons. The molecule has 2 heterocycles. The maximum atomic E-state index is 12.2. The molecule has 0 amide bonds. The summed E-state index contributed by atoms with van der Waals surface area (Å²) in [5, 5.41) is 9.02. The largest absolute Gasteiger partial charge is 0.333 e. The molecule has 0 unspecified atom stereocenters. The zero-order valence-electron chi connectivity index (χ0n) is 10.5. The number of halogens is 1. The molecule has 1 aliphatic heterocycles. The van der Waals surface area contributed by atoms with Gasteiger partial charge in [0.1, 0.15) is 17.5 Å². The lowest BCUT2D eigenvalue weighted by molar-refractivity contribution is 0.558. The summed E-state index contributed by atoms with van der Waals surface area (Å²) in [4.78, 5) is 28.4. The van der Waals surface area contributed by atoms with E-state index in [0.29, 0.717) is 23.1 Å². The molecule has 0 aliphatic carbocycles. The Morgan fingerprint density at radius 1 is 1.42 bits per heavy atom. The maximum Gasteiger partial charge on any atom is 0.333 e. The maximum absolute atomic E-state index is 12.2. The first-order chi connectivity index (χ1) is 9.10. The number of nitrogens with zero attached hydrogens (tertiary/aromatic N) is 4. The first-order valence-electron chi connectivity index (χ1n) is 6.06. The smallest absolute Gasteiger partial charge is 0.278 e. The van der Waals surface area contributed by atoms with E-state index in [1.165, 1.54) is 4.57 Å². The summed E-state index contributed by atoms with van der Waals surface area (Å²) >= 11 is 5.86. The molecule has 0 bridgehead atoms. The van der Waals surface area contributed by atoms with Crippen molar-refractivity contribution in [2.24, 2.45) is 4.99 Å². The third-order valence-corrected chi connectivity index (χ3v) is 3.22. The van der Waals surface area contributed by atoms with Crippen LogP contribution in [0.2, 0.25) is 0 Å².